The lowest BCUT2D eigenvalue weighted by molar-refractivity contribution is -0.119. The van der Waals surface area contributed by atoms with Gasteiger partial charge in [0.25, 0.3) is 11.8 Å². The van der Waals surface area contributed by atoms with E-state index in [1.54, 1.807) is 24.3 Å². The molecule has 114 valence electrons. The molecule has 2 N–H and O–H groups in total. The first-order chi connectivity index (χ1) is 10.7. The van der Waals surface area contributed by atoms with Crippen LogP contribution in [0.2, 0.25) is 0 Å². The molecular formula is C16H15ClN2O3. The molecular weight excluding hydrogens is 304 g/mol. The predicted molar refractivity (Wildman–Crippen MR) is 83.5 cm³/mol. The number of rotatable bonds is 5. The van der Waals surface area contributed by atoms with E-state index in [9.17, 15) is 9.59 Å². The number of hydrogen-bond donors (Lipinski definition) is 2. The molecule has 0 aliphatic heterocycles. The Morgan fingerprint density at radius 2 is 1.64 bits per heavy atom. The summed E-state index contributed by atoms with van der Waals surface area (Å²) in [6.07, 6.45) is 0. The Morgan fingerprint density at radius 1 is 0.955 bits per heavy atom. The lowest BCUT2D eigenvalue weighted by Gasteiger charge is -2.08. The molecule has 2 aromatic carbocycles. The minimum absolute atomic E-state index is 0.216. The van der Waals surface area contributed by atoms with Gasteiger partial charge in [0.2, 0.25) is 0 Å². The van der Waals surface area contributed by atoms with Crippen molar-refractivity contribution in [2.45, 2.75) is 6.61 Å². The molecule has 0 saturated carbocycles. The molecule has 0 heterocycles. The van der Waals surface area contributed by atoms with Crippen molar-refractivity contribution in [2.75, 3.05) is 5.88 Å². The zero-order valence-electron chi connectivity index (χ0n) is 11.7. The summed E-state index contributed by atoms with van der Waals surface area (Å²) in [6, 6.07) is 16.4. The highest BCUT2D eigenvalue weighted by atomic mass is 35.5. The number of hydrogen-bond acceptors (Lipinski definition) is 3. The first kappa shape index (κ1) is 15.9. The van der Waals surface area contributed by atoms with E-state index in [2.05, 4.69) is 10.9 Å². The fourth-order valence-electron chi connectivity index (χ4n) is 1.68. The van der Waals surface area contributed by atoms with Gasteiger partial charge in [-0.3, -0.25) is 20.4 Å². The number of ether oxygens (including phenoxy) is 1. The minimum atomic E-state index is -0.474. The van der Waals surface area contributed by atoms with Crippen LogP contribution in [-0.4, -0.2) is 17.7 Å². The smallest absolute Gasteiger partial charge is 0.269 e. The Kier molecular flexibility index (Phi) is 5.80. The van der Waals surface area contributed by atoms with E-state index in [0.717, 1.165) is 5.56 Å². The topological polar surface area (TPSA) is 67.4 Å². The second-order valence-electron chi connectivity index (χ2n) is 4.43. The molecule has 2 aromatic rings. The molecule has 0 atom stereocenters. The fraction of sp³-hybridized carbons (Fsp3) is 0.125. The van der Waals surface area contributed by atoms with Crippen molar-refractivity contribution >= 4 is 23.4 Å². The Balaban J connectivity index is 1.87. The van der Waals surface area contributed by atoms with Crippen molar-refractivity contribution < 1.29 is 14.3 Å². The zero-order valence-corrected chi connectivity index (χ0v) is 12.5. The SMILES string of the molecule is O=C(CCl)NNC(=O)c1ccc(OCc2ccccc2)cc1. The lowest BCUT2D eigenvalue weighted by Crippen LogP contribution is -2.42. The van der Waals surface area contributed by atoms with Crippen molar-refractivity contribution in [3.05, 3.63) is 65.7 Å². The van der Waals surface area contributed by atoms with Crippen LogP contribution in [0.1, 0.15) is 15.9 Å². The summed E-state index contributed by atoms with van der Waals surface area (Å²) in [7, 11) is 0. The molecule has 0 radical (unpaired) electrons. The Morgan fingerprint density at radius 3 is 2.27 bits per heavy atom. The van der Waals surface area contributed by atoms with Crippen molar-refractivity contribution in [1.82, 2.24) is 10.9 Å². The standard InChI is InChI=1S/C16H15ClN2O3/c17-10-15(20)18-19-16(21)13-6-8-14(9-7-13)22-11-12-4-2-1-3-5-12/h1-9H,10-11H2,(H,18,20)(H,19,21). The predicted octanol–water partition coefficient (Wildman–Crippen LogP) is 2.27. The normalized spacial score (nSPS) is 9.86. The highest BCUT2D eigenvalue weighted by molar-refractivity contribution is 6.27. The van der Waals surface area contributed by atoms with Gasteiger partial charge in [-0.1, -0.05) is 30.3 Å². The summed E-state index contributed by atoms with van der Waals surface area (Å²) in [6.45, 7) is 0.457. The van der Waals surface area contributed by atoms with Gasteiger partial charge in [-0.05, 0) is 29.8 Å². The third-order valence-electron chi connectivity index (χ3n) is 2.80. The van der Waals surface area contributed by atoms with Gasteiger partial charge in [-0.15, -0.1) is 11.6 Å². The van der Waals surface area contributed by atoms with Crippen LogP contribution in [0.4, 0.5) is 0 Å². The number of hydrazine groups is 1. The molecule has 0 unspecified atom stereocenters. The van der Waals surface area contributed by atoms with Gasteiger partial charge in [-0.25, -0.2) is 0 Å². The first-order valence-corrected chi connectivity index (χ1v) is 7.14. The number of halogens is 1. The van der Waals surface area contributed by atoms with Crippen LogP contribution in [0.5, 0.6) is 5.75 Å². The molecule has 22 heavy (non-hydrogen) atoms. The molecule has 0 spiro atoms. The summed E-state index contributed by atoms with van der Waals surface area (Å²) >= 11 is 5.31. The monoisotopic (exact) mass is 318 g/mol. The van der Waals surface area contributed by atoms with Gasteiger partial charge in [0.15, 0.2) is 0 Å². The van der Waals surface area contributed by atoms with E-state index in [1.165, 1.54) is 0 Å². The minimum Gasteiger partial charge on any atom is -0.489 e. The van der Waals surface area contributed by atoms with E-state index in [1.807, 2.05) is 30.3 Å². The van der Waals surface area contributed by atoms with Crippen LogP contribution in [0.15, 0.2) is 54.6 Å². The lowest BCUT2D eigenvalue weighted by atomic mass is 10.2. The van der Waals surface area contributed by atoms with Crippen LogP contribution in [-0.2, 0) is 11.4 Å². The number of amides is 2. The van der Waals surface area contributed by atoms with Crippen molar-refractivity contribution in [3.8, 4) is 5.75 Å². The van der Waals surface area contributed by atoms with Crippen molar-refractivity contribution in [3.63, 3.8) is 0 Å². The molecule has 2 amide bonds. The highest BCUT2D eigenvalue weighted by Crippen LogP contribution is 2.14. The van der Waals surface area contributed by atoms with E-state index < -0.39 is 11.8 Å². The summed E-state index contributed by atoms with van der Waals surface area (Å²) in [5.41, 5.74) is 5.92. The molecule has 0 fully saturated rings. The van der Waals surface area contributed by atoms with Gasteiger partial charge in [0.05, 0.1) is 0 Å². The van der Waals surface area contributed by atoms with Crippen LogP contribution >= 0.6 is 11.6 Å². The quantitative estimate of drug-likeness (QED) is 0.656. The molecule has 2 rings (SSSR count). The van der Waals surface area contributed by atoms with E-state index in [4.69, 9.17) is 16.3 Å². The Labute approximate surface area is 133 Å². The fourth-order valence-corrected chi connectivity index (χ4v) is 1.74. The average Bonchev–Trinajstić information content (AvgIpc) is 2.59. The maximum Gasteiger partial charge on any atom is 0.269 e. The van der Waals surface area contributed by atoms with Crippen LogP contribution in [0.25, 0.3) is 0 Å². The van der Waals surface area contributed by atoms with Gasteiger partial charge in [0, 0.05) is 5.56 Å². The summed E-state index contributed by atoms with van der Waals surface area (Å²) in [4.78, 5) is 22.7. The first-order valence-electron chi connectivity index (χ1n) is 6.61. The van der Waals surface area contributed by atoms with Crippen LogP contribution < -0.4 is 15.6 Å². The van der Waals surface area contributed by atoms with Gasteiger partial charge >= 0.3 is 0 Å². The molecule has 5 nitrogen and oxygen atoms in total. The van der Waals surface area contributed by atoms with Gasteiger partial charge < -0.3 is 4.74 Å². The summed E-state index contributed by atoms with van der Waals surface area (Å²) in [5, 5.41) is 0. The average molecular weight is 319 g/mol. The molecule has 0 aliphatic carbocycles. The highest BCUT2D eigenvalue weighted by Gasteiger charge is 2.06. The molecule has 0 saturated heterocycles. The number of nitrogens with one attached hydrogen (secondary N) is 2. The largest absolute Gasteiger partial charge is 0.489 e. The second kappa shape index (κ2) is 8.05. The van der Waals surface area contributed by atoms with E-state index in [0.29, 0.717) is 17.9 Å². The maximum atomic E-state index is 11.7. The number of alkyl halides is 1. The molecule has 0 aromatic heterocycles. The van der Waals surface area contributed by atoms with Crippen molar-refractivity contribution in [2.24, 2.45) is 0 Å². The Hall–Kier alpha value is -2.53. The van der Waals surface area contributed by atoms with E-state index in [-0.39, 0.29) is 5.88 Å². The maximum absolute atomic E-state index is 11.7. The molecule has 0 aliphatic rings. The third kappa shape index (κ3) is 4.79. The summed E-state index contributed by atoms with van der Waals surface area (Å²) in [5.74, 6) is -0.455. The summed E-state index contributed by atoms with van der Waals surface area (Å²) < 4.78 is 5.62. The van der Waals surface area contributed by atoms with Gasteiger partial charge in [0.1, 0.15) is 18.2 Å². The van der Waals surface area contributed by atoms with Crippen LogP contribution in [0, 0.1) is 0 Å². The van der Waals surface area contributed by atoms with Crippen LogP contribution in [0.3, 0.4) is 0 Å². The molecule has 0 bridgehead atoms. The second-order valence-corrected chi connectivity index (χ2v) is 4.70. The van der Waals surface area contributed by atoms with E-state index >= 15 is 0 Å². The number of carbonyl (C=O) groups excluding carboxylic acids is 2. The number of benzene rings is 2. The zero-order chi connectivity index (χ0) is 15.8. The van der Waals surface area contributed by atoms with Crippen molar-refractivity contribution in [1.29, 1.82) is 0 Å². The van der Waals surface area contributed by atoms with Gasteiger partial charge in [-0.2, -0.15) is 0 Å². The number of carbonyl (C=O) groups is 2. The Bertz CT molecular complexity index is 630. The molecule has 6 heteroatoms. The third-order valence-corrected chi connectivity index (χ3v) is 3.04.